The quantitative estimate of drug-likeness (QED) is 0.224. The van der Waals surface area contributed by atoms with E-state index in [4.69, 9.17) is 16.9 Å². The molecule has 2 saturated heterocycles. The van der Waals surface area contributed by atoms with Gasteiger partial charge < -0.3 is 21.3 Å². The number of carbonyl (C=O) groups is 3. The molecule has 40 heavy (non-hydrogen) atoms. The summed E-state index contributed by atoms with van der Waals surface area (Å²) in [4.78, 5) is 41.4. The highest BCUT2D eigenvalue weighted by atomic mass is 32.2. The summed E-state index contributed by atoms with van der Waals surface area (Å²) in [5.41, 5.74) is 12.3. The average molecular weight is 578 g/mol. The van der Waals surface area contributed by atoms with Crippen LogP contribution in [0.15, 0.2) is 30.3 Å². The maximum atomic E-state index is 13.9. The van der Waals surface area contributed by atoms with Crippen LogP contribution in [0.25, 0.3) is 0 Å². The van der Waals surface area contributed by atoms with Crippen LogP contribution in [0, 0.1) is 17.2 Å². The Hall–Kier alpha value is -3.03. The van der Waals surface area contributed by atoms with Crippen molar-refractivity contribution >= 4 is 33.7 Å². The number of nitrogens with two attached hydrogens (primary N) is 2. The van der Waals surface area contributed by atoms with Crippen molar-refractivity contribution in [3.63, 3.8) is 0 Å². The van der Waals surface area contributed by atoms with Crippen molar-refractivity contribution < 1.29 is 22.8 Å². The fourth-order valence-electron chi connectivity index (χ4n) is 5.34. The number of rotatable bonds is 10. The lowest BCUT2D eigenvalue weighted by Crippen LogP contribution is -2.56. The van der Waals surface area contributed by atoms with E-state index in [2.05, 4.69) is 5.32 Å². The molecule has 0 unspecified atom stereocenters. The second-order valence-electron chi connectivity index (χ2n) is 11.2. The van der Waals surface area contributed by atoms with Gasteiger partial charge in [-0.3, -0.25) is 25.1 Å². The molecule has 2 aliphatic heterocycles. The first-order valence-electron chi connectivity index (χ1n) is 13.8. The number of hydrogen-bond donors (Lipinski definition) is 4. The van der Waals surface area contributed by atoms with Crippen LogP contribution in [0.2, 0.25) is 0 Å². The van der Waals surface area contributed by atoms with E-state index in [1.54, 1.807) is 4.90 Å². The topological polar surface area (TPSA) is 183 Å². The van der Waals surface area contributed by atoms with Crippen LogP contribution >= 0.6 is 0 Å². The highest BCUT2D eigenvalue weighted by molar-refractivity contribution is 7.88. The van der Waals surface area contributed by atoms with Crippen LogP contribution in [0.4, 0.5) is 0 Å². The first kappa shape index (κ1) is 31.5. The number of benzene rings is 1. The molecule has 0 aliphatic carbocycles. The van der Waals surface area contributed by atoms with Crippen LogP contribution in [-0.4, -0.2) is 96.8 Å². The molecule has 1 aromatic rings. The van der Waals surface area contributed by atoms with E-state index in [1.807, 2.05) is 44.2 Å². The molecule has 0 saturated carbocycles. The number of sulfonamides is 1. The average Bonchev–Trinajstić information content (AvgIpc) is 3.40. The molecule has 13 heteroatoms. The van der Waals surface area contributed by atoms with Gasteiger partial charge in [0.15, 0.2) is 5.96 Å². The van der Waals surface area contributed by atoms with Gasteiger partial charge in [0, 0.05) is 26.2 Å². The summed E-state index contributed by atoms with van der Waals surface area (Å²) in [6.45, 7) is 5.04. The minimum absolute atomic E-state index is 0.0248. The molecule has 1 aromatic carbocycles. The molecule has 3 atom stereocenters. The van der Waals surface area contributed by atoms with Crippen molar-refractivity contribution in [2.45, 2.75) is 64.1 Å². The fraction of sp³-hybridized carbons (Fsp3) is 0.630. The summed E-state index contributed by atoms with van der Waals surface area (Å²) in [7, 11) is -3.82. The number of piperidine rings is 1. The van der Waals surface area contributed by atoms with Gasteiger partial charge in [0.1, 0.15) is 12.1 Å². The normalized spacial score (nSPS) is 20.0. The van der Waals surface area contributed by atoms with Crippen molar-refractivity contribution in [2.24, 2.45) is 23.3 Å². The predicted molar refractivity (Wildman–Crippen MR) is 152 cm³/mol. The molecular weight excluding hydrogens is 534 g/mol. The third-order valence-corrected chi connectivity index (χ3v) is 9.08. The maximum absolute atomic E-state index is 13.9. The van der Waals surface area contributed by atoms with Gasteiger partial charge in [-0.15, -0.1) is 0 Å². The van der Waals surface area contributed by atoms with Crippen LogP contribution in [0.3, 0.4) is 0 Å². The summed E-state index contributed by atoms with van der Waals surface area (Å²) in [5.74, 6) is -1.58. The van der Waals surface area contributed by atoms with E-state index in [9.17, 15) is 22.8 Å². The van der Waals surface area contributed by atoms with E-state index in [0.717, 1.165) is 11.8 Å². The molecule has 222 valence electrons. The Balaban J connectivity index is 1.76. The van der Waals surface area contributed by atoms with Crippen LogP contribution in [0.1, 0.15) is 45.1 Å². The molecule has 0 bridgehead atoms. The van der Waals surface area contributed by atoms with Crippen LogP contribution < -0.4 is 16.8 Å². The summed E-state index contributed by atoms with van der Waals surface area (Å²) in [6.07, 6.45) is 3.49. The van der Waals surface area contributed by atoms with Crippen LogP contribution in [-0.2, 0) is 30.8 Å². The van der Waals surface area contributed by atoms with Gasteiger partial charge in [0.25, 0.3) is 0 Å². The number of hydrogen-bond acceptors (Lipinski definition) is 7. The molecule has 2 aliphatic rings. The van der Waals surface area contributed by atoms with Crippen molar-refractivity contribution in [3.8, 4) is 0 Å². The van der Waals surface area contributed by atoms with E-state index in [-0.39, 0.29) is 30.8 Å². The number of likely N-dealkylation sites (tertiary alicyclic amines) is 2. The number of guanidine groups is 1. The molecule has 0 spiro atoms. The van der Waals surface area contributed by atoms with Gasteiger partial charge in [0.2, 0.25) is 27.7 Å². The minimum Gasteiger partial charge on any atom is -0.368 e. The Morgan fingerprint density at radius 1 is 1.10 bits per heavy atom. The SMILES string of the molecule is CC(C)[C@H](N)C(=O)NC(=N)N1CCC(CN([C@H](Cc2ccccc2)C(=O)N2CCC[C@H]2C(N)=O)S(C)(=O)=O)CC1. The summed E-state index contributed by atoms with van der Waals surface area (Å²) in [5, 5.41) is 10.9. The second-order valence-corrected chi connectivity index (χ2v) is 13.1. The zero-order valence-electron chi connectivity index (χ0n) is 23.6. The Bertz CT molecular complexity index is 1170. The number of nitrogens with zero attached hydrogens (tertiary/aromatic N) is 3. The third-order valence-electron chi connectivity index (χ3n) is 7.83. The minimum atomic E-state index is -3.82. The number of primary amides is 1. The van der Waals surface area contributed by atoms with E-state index in [0.29, 0.717) is 45.3 Å². The largest absolute Gasteiger partial charge is 0.368 e. The molecule has 12 nitrogen and oxygen atoms in total. The van der Waals surface area contributed by atoms with Gasteiger partial charge in [0.05, 0.1) is 12.3 Å². The lowest BCUT2D eigenvalue weighted by Gasteiger charge is -2.38. The monoisotopic (exact) mass is 577 g/mol. The Morgan fingerprint density at radius 3 is 2.27 bits per heavy atom. The number of nitrogens with one attached hydrogen (secondary N) is 2. The zero-order valence-corrected chi connectivity index (χ0v) is 24.4. The molecule has 2 fully saturated rings. The lowest BCUT2D eigenvalue weighted by atomic mass is 9.95. The highest BCUT2D eigenvalue weighted by Crippen LogP contribution is 2.26. The Morgan fingerprint density at radius 2 is 1.73 bits per heavy atom. The highest BCUT2D eigenvalue weighted by Gasteiger charge is 2.41. The molecule has 2 heterocycles. The van der Waals surface area contributed by atoms with E-state index in [1.165, 1.54) is 9.21 Å². The van der Waals surface area contributed by atoms with Gasteiger partial charge in [-0.05, 0) is 49.5 Å². The van der Waals surface area contributed by atoms with Crippen molar-refractivity contribution in [1.82, 2.24) is 19.4 Å². The number of carbonyl (C=O) groups excluding carboxylic acids is 3. The maximum Gasteiger partial charge on any atom is 0.243 e. The Labute approximate surface area is 237 Å². The smallest absolute Gasteiger partial charge is 0.243 e. The zero-order chi connectivity index (χ0) is 29.6. The first-order valence-corrected chi connectivity index (χ1v) is 15.6. The van der Waals surface area contributed by atoms with Crippen molar-refractivity contribution in [2.75, 3.05) is 32.4 Å². The third kappa shape index (κ3) is 8.01. The van der Waals surface area contributed by atoms with Crippen LogP contribution in [0.5, 0.6) is 0 Å². The summed E-state index contributed by atoms with van der Waals surface area (Å²) < 4.78 is 27.6. The predicted octanol–water partition coefficient (Wildman–Crippen LogP) is 0.0819. The number of amides is 3. The van der Waals surface area contributed by atoms with Crippen molar-refractivity contribution in [3.05, 3.63) is 35.9 Å². The summed E-state index contributed by atoms with van der Waals surface area (Å²) >= 11 is 0. The van der Waals surface area contributed by atoms with E-state index < -0.39 is 45.9 Å². The molecule has 6 N–H and O–H groups in total. The molecule has 0 aromatic heterocycles. The lowest BCUT2D eigenvalue weighted by molar-refractivity contribution is -0.140. The van der Waals surface area contributed by atoms with E-state index >= 15 is 0 Å². The van der Waals surface area contributed by atoms with Gasteiger partial charge in [-0.25, -0.2) is 8.42 Å². The summed E-state index contributed by atoms with van der Waals surface area (Å²) in [6, 6.07) is 6.72. The van der Waals surface area contributed by atoms with Crippen molar-refractivity contribution in [1.29, 1.82) is 5.41 Å². The molecular formula is C27H43N7O5S. The van der Waals surface area contributed by atoms with Gasteiger partial charge in [-0.1, -0.05) is 44.2 Å². The molecule has 3 rings (SSSR count). The molecule has 0 radical (unpaired) electrons. The standard InChI is InChI=1S/C27H43N7O5S/c1-18(2)23(28)25(36)31-27(30)32-14-11-20(12-15-32)17-34(40(3,38)39)22(16-19-8-5-4-6-9-19)26(37)33-13-7-10-21(33)24(29)35/h4-6,8-9,18,20-23H,7,10-17,28H2,1-3H3,(H2,29,35)(H2,30,31,36)/t21-,22+,23-/m0/s1. The van der Waals surface area contributed by atoms with Gasteiger partial charge in [-0.2, -0.15) is 4.31 Å². The van der Waals surface area contributed by atoms with Gasteiger partial charge >= 0.3 is 0 Å². The fourth-order valence-corrected chi connectivity index (χ4v) is 6.45. The first-order chi connectivity index (χ1) is 18.8. The Kier molecular flexibility index (Phi) is 10.7. The molecule has 3 amide bonds. The second kappa shape index (κ2) is 13.6.